The van der Waals surface area contributed by atoms with Crippen LogP contribution in [0.4, 0.5) is 5.69 Å². The Balaban J connectivity index is 2.95. The zero-order valence-corrected chi connectivity index (χ0v) is 9.30. The number of rotatable bonds is 3. The number of nitrogens with zero attached hydrogens (tertiary/aromatic N) is 1. The first-order valence-corrected chi connectivity index (χ1v) is 5.10. The summed E-state index contributed by atoms with van der Waals surface area (Å²) < 4.78 is 0. The van der Waals surface area contributed by atoms with Crippen LogP contribution in [0.25, 0.3) is 0 Å². The number of aliphatic imine (C=N–C) groups is 1. The van der Waals surface area contributed by atoms with Crippen molar-refractivity contribution in [2.75, 3.05) is 0 Å². The molecule has 0 aliphatic heterocycles. The predicted molar refractivity (Wildman–Crippen MR) is 62.4 cm³/mol. The molecule has 1 aromatic rings. The molecule has 0 bridgehead atoms. The van der Waals surface area contributed by atoms with Crippen LogP contribution in [-0.4, -0.2) is 5.84 Å². The third-order valence-electron chi connectivity index (χ3n) is 1.94. The second kappa shape index (κ2) is 5.01. The van der Waals surface area contributed by atoms with E-state index < -0.39 is 0 Å². The molecule has 0 amide bonds. The van der Waals surface area contributed by atoms with Crippen LogP contribution < -0.4 is 5.73 Å². The summed E-state index contributed by atoms with van der Waals surface area (Å²) in [6.07, 6.45) is 1.83. The molecule has 0 saturated carbocycles. The van der Waals surface area contributed by atoms with Gasteiger partial charge in [0.05, 0.1) is 11.5 Å². The summed E-state index contributed by atoms with van der Waals surface area (Å²) in [6, 6.07) is 5.63. The molecule has 14 heavy (non-hydrogen) atoms. The highest BCUT2D eigenvalue weighted by molar-refractivity contribution is 6.30. The van der Waals surface area contributed by atoms with Crippen LogP contribution in [0.2, 0.25) is 5.02 Å². The smallest absolute Gasteiger partial charge is 0.0996 e. The number of hydrogen-bond acceptors (Lipinski definition) is 1. The maximum atomic E-state index is 5.87. The van der Waals surface area contributed by atoms with Crippen molar-refractivity contribution in [1.82, 2.24) is 0 Å². The molecule has 0 atom stereocenters. The van der Waals surface area contributed by atoms with Gasteiger partial charge in [0.1, 0.15) is 0 Å². The van der Waals surface area contributed by atoms with Crippen LogP contribution in [0.15, 0.2) is 23.2 Å². The van der Waals surface area contributed by atoms with Crippen LogP contribution in [0.1, 0.15) is 25.3 Å². The zero-order chi connectivity index (χ0) is 10.6. The van der Waals surface area contributed by atoms with E-state index in [1.165, 1.54) is 0 Å². The molecule has 0 spiro atoms. The fraction of sp³-hybridized carbons (Fsp3) is 0.364. The number of benzene rings is 1. The molecule has 0 fully saturated rings. The van der Waals surface area contributed by atoms with E-state index in [9.17, 15) is 0 Å². The highest BCUT2D eigenvalue weighted by Gasteiger charge is 1.98. The van der Waals surface area contributed by atoms with Gasteiger partial charge in [-0.25, -0.2) is 4.99 Å². The lowest BCUT2D eigenvalue weighted by Gasteiger charge is -2.02. The van der Waals surface area contributed by atoms with E-state index in [1.807, 2.05) is 25.1 Å². The Morgan fingerprint density at radius 3 is 2.86 bits per heavy atom. The van der Waals surface area contributed by atoms with Gasteiger partial charge in [0, 0.05) is 11.4 Å². The predicted octanol–water partition coefficient (Wildman–Crippen LogP) is 3.44. The molecular weight excluding hydrogens is 196 g/mol. The third-order valence-corrected chi connectivity index (χ3v) is 2.18. The minimum absolute atomic E-state index is 0.665. The van der Waals surface area contributed by atoms with Crippen molar-refractivity contribution >= 4 is 23.1 Å². The van der Waals surface area contributed by atoms with Crippen molar-refractivity contribution in [3.8, 4) is 0 Å². The molecule has 0 unspecified atom stereocenters. The summed E-state index contributed by atoms with van der Waals surface area (Å²) in [5.41, 5.74) is 7.70. The molecule has 0 aliphatic rings. The van der Waals surface area contributed by atoms with Crippen molar-refractivity contribution in [2.24, 2.45) is 10.7 Å². The summed E-state index contributed by atoms with van der Waals surface area (Å²) in [6.45, 7) is 4.07. The van der Waals surface area contributed by atoms with Crippen LogP contribution in [0, 0.1) is 6.92 Å². The van der Waals surface area contributed by atoms with Crippen LogP contribution in [0.3, 0.4) is 0 Å². The quantitative estimate of drug-likeness (QED) is 0.603. The lowest BCUT2D eigenvalue weighted by Crippen LogP contribution is -2.10. The van der Waals surface area contributed by atoms with Crippen LogP contribution in [-0.2, 0) is 0 Å². The van der Waals surface area contributed by atoms with Crippen LogP contribution in [0.5, 0.6) is 0 Å². The van der Waals surface area contributed by atoms with E-state index in [1.54, 1.807) is 0 Å². The molecule has 0 radical (unpaired) electrons. The third kappa shape index (κ3) is 3.04. The molecule has 3 heteroatoms. The largest absolute Gasteiger partial charge is 0.387 e. The zero-order valence-electron chi connectivity index (χ0n) is 8.55. The Labute approximate surface area is 89.8 Å². The van der Waals surface area contributed by atoms with Gasteiger partial charge in [-0.15, -0.1) is 0 Å². The number of amidine groups is 1. The highest BCUT2D eigenvalue weighted by atomic mass is 35.5. The van der Waals surface area contributed by atoms with Gasteiger partial charge in [0.15, 0.2) is 0 Å². The number of hydrogen-bond donors (Lipinski definition) is 1. The molecule has 0 aliphatic carbocycles. The molecule has 1 rings (SSSR count). The van der Waals surface area contributed by atoms with E-state index in [0.717, 1.165) is 24.1 Å². The molecular formula is C11H15ClN2. The van der Waals surface area contributed by atoms with Gasteiger partial charge >= 0.3 is 0 Å². The Morgan fingerprint density at radius 1 is 1.50 bits per heavy atom. The molecule has 0 heterocycles. The van der Waals surface area contributed by atoms with Gasteiger partial charge in [0.2, 0.25) is 0 Å². The summed E-state index contributed by atoms with van der Waals surface area (Å²) in [4.78, 5) is 4.32. The minimum Gasteiger partial charge on any atom is -0.387 e. The van der Waals surface area contributed by atoms with Crippen molar-refractivity contribution in [2.45, 2.75) is 26.7 Å². The van der Waals surface area contributed by atoms with Gasteiger partial charge in [-0.3, -0.25) is 0 Å². The fourth-order valence-corrected chi connectivity index (χ4v) is 1.34. The van der Waals surface area contributed by atoms with Gasteiger partial charge in [-0.1, -0.05) is 24.6 Å². The lowest BCUT2D eigenvalue weighted by atomic mass is 10.2. The molecule has 2 N–H and O–H groups in total. The summed E-state index contributed by atoms with van der Waals surface area (Å²) in [7, 11) is 0. The molecule has 1 aromatic carbocycles. The molecule has 76 valence electrons. The standard InChI is InChI=1S/C11H15ClN2/c1-3-4-11(13)14-10-7-9(12)6-5-8(10)2/h5-7H,3-4H2,1-2H3,(H2,13,14). The van der Waals surface area contributed by atoms with Crippen LogP contribution >= 0.6 is 11.6 Å². The van der Waals surface area contributed by atoms with Gasteiger partial charge in [-0.2, -0.15) is 0 Å². The second-order valence-electron chi connectivity index (χ2n) is 3.28. The summed E-state index contributed by atoms with van der Waals surface area (Å²) in [5, 5.41) is 0.693. The molecule has 0 aromatic heterocycles. The second-order valence-corrected chi connectivity index (χ2v) is 3.72. The van der Waals surface area contributed by atoms with E-state index >= 15 is 0 Å². The number of nitrogens with two attached hydrogens (primary N) is 1. The molecule has 0 saturated heterocycles. The van der Waals surface area contributed by atoms with Crippen molar-refractivity contribution < 1.29 is 0 Å². The SMILES string of the molecule is CCCC(N)=Nc1cc(Cl)ccc1C. The van der Waals surface area contributed by atoms with Gasteiger partial charge in [-0.05, 0) is 31.0 Å². The molecule has 2 nitrogen and oxygen atoms in total. The Morgan fingerprint density at radius 2 is 2.21 bits per heavy atom. The van der Waals surface area contributed by atoms with Crippen molar-refractivity contribution in [3.05, 3.63) is 28.8 Å². The summed E-state index contributed by atoms with van der Waals surface area (Å²) in [5.74, 6) is 0.665. The fourth-order valence-electron chi connectivity index (χ4n) is 1.17. The Bertz CT molecular complexity index is 345. The van der Waals surface area contributed by atoms with E-state index in [4.69, 9.17) is 17.3 Å². The Kier molecular flexibility index (Phi) is 3.96. The monoisotopic (exact) mass is 210 g/mol. The lowest BCUT2D eigenvalue weighted by molar-refractivity contribution is 0.983. The van der Waals surface area contributed by atoms with Gasteiger partial charge < -0.3 is 5.73 Å². The normalized spacial score (nSPS) is 11.8. The van der Waals surface area contributed by atoms with Gasteiger partial charge in [0.25, 0.3) is 0 Å². The topological polar surface area (TPSA) is 38.4 Å². The van der Waals surface area contributed by atoms with Crippen molar-refractivity contribution in [1.29, 1.82) is 0 Å². The number of aryl methyl sites for hydroxylation is 1. The van der Waals surface area contributed by atoms with Crippen molar-refractivity contribution in [3.63, 3.8) is 0 Å². The Hall–Kier alpha value is -1.02. The van der Waals surface area contributed by atoms with E-state index in [0.29, 0.717) is 10.9 Å². The highest BCUT2D eigenvalue weighted by Crippen LogP contribution is 2.23. The number of halogens is 1. The minimum atomic E-state index is 0.665. The average molecular weight is 211 g/mol. The first-order chi connectivity index (χ1) is 6.63. The maximum absolute atomic E-state index is 5.87. The summed E-state index contributed by atoms with van der Waals surface area (Å²) >= 11 is 5.87. The van der Waals surface area contributed by atoms with E-state index in [2.05, 4.69) is 11.9 Å². The maximum Gasteiger partial charge on any atom is 0.0996 e. The van der Waals surface area contributed by atoms with E-state index in [-0.39, 0.29) is 0 Å². The first-order valence-electron chi connectivity index (χ1n) is 4.72. The average Bonchev–Trinajstić information content (AvgIpc) is 2.12. The first kappa shape index (κ1) is 11.1.